The van der Waals surface area contributed by atoms with E-state index in [2.05, 4.69) is 92.6 Å². The zero-order valence-electron chi connectivity index (χ0n) is 10.3. The molecular weight excluding hydrogens is 455 g/mol. The average molecular weight is 474 g/mol. The van der Waals surface area contributed by atoms with Crippen LogP contribution in [0.4, 0.5) is 0 Å². The third-order valence-electron chi connectivity index (χ3n) is 2.90. The minimum absolute atomic E-state index is 0.334. The molecule has 0 atom stereocenters. The van der Waals surface area contributed by atoms with Crippen molar-refractivity contribution in [3.63, 3.8) is 0 Å². The monoisotopic (exact) mass is 472 g/mol. The number of hydrogen-bond acceptors (Lipinski definition) is 0. The molecule has 0 aromatic heterocycles. The third kappa shape index (κ3) is 5.19. The summed E-state index contributed by atoms with van der Waals surface area (Å²) < 4.78 is 1.30. The summed E-state index contributed by atoms with van der Waals surface area (Å²) >= 11 is 9.76. The Kier molecular flexibility index (Phi) is 7.03. The topological polar surface area (TPSA) is 0 Å². The van der Waals surface area contributed by atoms with Crippen LogP contribution < -0.4 is 0 Å². The van der Waals surface area contributed by atoms with Gasteiger partial charge in [0.05, 0.1) is 0 Å². The van der Waals surface area contributed by atoms with Gasteiger partial charge in [0.15, 0.2) is 0 Å². The van der Waals surface area contributed by atoms with E-state index < -0.39 is 0 Å². The van der Waals surface area contributed by atoms with Gasteiger partial charge in [-0.3, -0.25) is 0 Å². The lowest BCUT2D eigenvalue weighted by atomic mass is 9.79. The van der Waals surface area contributed by atoms with Gasteiger partial charge in [-0.25, -0.2) is 0 Å². The van der Waals surface area contributed by atoms with Gasteiger partial charge >= 0.3 is 0 Å². The maximum Gasteiger partial charge on any atom is 0.0130 e. The van der Waals surface area contributed by atoms with Crippen LogP contribution in [0, 0.1) is 14.9 Å². The Balaban J connectivity index is 2.82. The summed E-state index contributed by atoms with van der Waals surface area (Å²) in [5.41, 5.74) is 1.77. The van der Waals surface area contributed by atoms with Crippen molar-refractivity contribution < 1.29 is 0 Å². The average Bonchev–Trinajstić information content (AvgIpc) is 2.30. The van der Waals surface area contributed by atoms with Crippen LogP contribution in [0.5, 0.6) is 0 Å². The second-order valence-electron chi connectivity index (χ2n) is 5.17. The summed E-state index contributed by atoms with van der Waals surface area (Å²) in [6.07, 6.45) is 2.38. The number of alkyl halides is 2. The molecule has 0 saturated heterocycles. The maximum atomic E-state index is 3.70. The van der Waals surface area contributed by atoms with E-state index in [1.807, 2.05) is 0 Å². The molecule has 0 nitrogen and oxygen atoms in total. The van der Waals surface area contributed by atoms with E-state index in [9.17, 15) is 0 Å². The molecule has 1 aromatic rings. The Morgan fingerprint density at radius 1 is 1.12 bits per heavy atom. The van der Waals surface area contributed by atoms with Crippen molar-refractivity contribution in [2.24, 2.45) is 11.3 Å². The molecule has 0 fully saturated rings. The van der Waals surface area contributed by atoms with Gasteiger partial charge < -0.3 is 0 Å². The van der Waals surface area contributed by atoms with E-state index >= 15 is 0 Å². The highest BCUT2D eigenvalue weighted by molar-refractivity contribution is 14.1. The summed E-state index contributed by atoms with van der Waals surface area (Å²) in [5.74, 6) is 0.731. The Labute approximate surface area is 135 Å². The zero-order chi connectivity index (χ0) is 12.9. The quantitative estimate of drug-likeness (QED) is 0.369. The van der Waals surface area contributed by atoms with Crippen LogP contribution in [0.3, 0.4) is 0 Å². The molecule has 0 bridgehead atoms. The maximum absolute atomic E-state index is 3.70. The Bertz CT molecular complexity index is 329. The first-order valence-corrected chi connectivity index (χ1v) is 9.20. The SMILES string of the molecule is CC(C)CC(CBr)(CBr)Cc1ccc(I)cc1. The standard InChI is InChI=1S/C14H19Br2I/c1-11(2)7-14(9-15,10-16)8-12-3-5-13(17)6-4-12/h3-6,11H,7-10H2,1-2H3. The first kappa shape index (κ1) is 16.0. The van der Waals surface area contributed by atoms with Crippen LogP contribution >= 0.6 is 54.5 Å². The first-order chi connectivity index (χ1) is 8.01. The first-order valence-electron chi connectivity index (χ1n) is 5.88. The van der Waals surface area contributed by atoms with Gasteiger partial charge in [-0.15, -0.1) is 0 Å². The van der Waals surface area contributed by atoms with Crippen LogP contribution in [-0.2, 0) is 6.42 Å². The van der Waals surface area contributed by atoms with E-state index in [1.165, 1.54) is 15.6 Å². The molecule has 0 aliphatic rings. The Morgan fingerprint density at radius 3 is 2.06 bits per heavy atom. The summed E-state index contributed by atoms with van der Waals surface area (Å²) in [5, 5.41) is 2.10. The molecule has 3 heteroatoms. The van der Waals surface area contributed by atoms with Gasteiger partial charge in [-0.2, -0.15) is 0 Å². The highest BCUT2D eigenvalue weighted by Crippen LogP contribution is 2.35. The van der Waals surface area contributed by atoms with Crippen molar-refractivity contribution in [1.82, 2.24) is 0 Å². The fourth-order valence-corrected chi connectivity index (χ4v) is 4.36. The molecule has 0 heterocycles. The molecule has 17 heavy (non-hydrogen) atoms. The van der Waals surface area contributed by atoms with Crippen molar-refractivity contribution in [3.05, 3.63) is 33.4 Å². The molecule has 0 spiro atoms. The van der Waals surface area contributed by atoms with Crippen molar-refractivity contribution >= 4 is 54.5 Å². The molecular formula is C14H19Br2I. The lowest BCUT2D eigenvalue weighted by Crippen LogP contribution is -2.29. The van der Waals surface area contributed by atoms with Gasteiger partial charge in [-0.05, 0) is 64.5 Å². The highest BCUT2D eigenvalue weighted by Gasteiger charge is 2.29. The van der Waals surface area contributed by atoms with Crippen LogP contribution in [0.1, 0.15) is 25.8 Å². The number of rotatable bonds is 6. The van der Waals surface area contributed by atoms with Crippen LogP contribution in [0.2, 0.25) is 0 Å². The van der Waals surface area contributed by atoms with Crippen molar-refractivity contribution in [2.75, 3.05) is 10.7 Å². The summed E-state index contributed by atoms with van der Waals surface area (Å²) in [7, 11) is 0. The van der Waals surface area contributed by atoms with Gasteiger partial charge in [0, 0.05) is 14.2 Å². The third-order valence-corrected chi connectivity index (χ3v) is 6.00. The van der Waals surface area contributed by atoms with E-state index in [0.29, 0.717) is 5.41 Å². The van der Waals surface area contributed by atoms with Gasteiger partial charge in [0.2, 0.25) is 0 Å². The molecule has 0 aliphatic carbocycles. The van der Waals surface area contributed by atoms with E-state index in [4.69, 9.17) is 0 Å². The van der Waals surface area contributed by atoms with E-state index in [-0.39, 0.29) is 0 Å². The predicted molar refractivity (Wildman–Crippen MR) is 92.3 cm³/mol. The van der Waals surface area contributed by atoms with Gasteiger partial charge in [0.1, 0.15) is 0 Å². The summed E-state index contributed by atoms with van der Waals surface area (Å²) in [6, 6.07) is 8.89. The van der Waals surface area contributed by atoms with Crippen molar-refractivity contribution in [2.45, 2.75) is 26.7 Å². The van der Waals surface area contributed by atoms with E-state index in [1.54, 1.807) is 0 Å². The lowest BCUT2D eigenvalue weighted by molar-refractivity contribution is 0.304. The largest absolute Gasteiger partial charge is 0.0922 e. The molecule has 96 valence electrons. The highest BCUT2D eigenvalue weighted by atomic mass is 127. The normalized spacial score (nSPS) is 12.1. The molecule has 0 aliphatic heterocycles. The van der Waals surface area contributed by atoms with Crippen LogP contribution in [0.15, 0.2) is 24.3 Å². The molecule has 0 N–H and O–H groups in total. The molecule has 0 unspecified atom stereocenters. The van der Waals surface area contributed by atoms with Crippen molar-refractivity contribution in [1.29, 1.82) is 0 Å². The van der Waals surface area contributed by atoms with E-state index in [0.717, 1.165) is 23.0 Å². The van der Waals surface area contributed by atoms with Crippen LogP contribution in [-0.4, -0.2) is 10.7 Å². The minimum atomic E-state index is 0.334. The van der Waals surface area contributed by atoms with Crippen molar-refractivity contribution in [3.8, 4) is 0 Å². The second-order valence-corrected chi connectivity index (χ2v) is 7.54. The van der Waals surface area contributed by atoms with Gasteiger partial charge in [0.25, 0.3) is 0 Å². The Morgan fingerprint density at radius 2 is 1.65 bits per heavy atom. The molecule has 0 radical (unpaired) electrons. The fraction of sp³-hybridized carbons (Fsp3) is 0.571. The second kappa shape index (κ2) is 7.49. The number of hydrogen-bond donors (Lipinski definition) is 0. The van der Waals surface area contributed by atoms with Crippen LogP contribution in [0.25, 0.3) is 0 Å². The fourth-order valence-electron chi connectivity index (χ4n) is 2.21. The van der Waals surface area contributed by atoms with Gasteiger partial charge in [-0.1, -0.05) is 57.8 Å². The summed E-state index contributed by atoms with van der Waals surface area (Å²) in [6.45, 7) is 4.60. The minimum Gasteiger partial charge on any atom is -0.0922 e. The summed E-state index contributed by atoms with van der Waals surface area (Å²) in [4.78, 5) is 0. The molecule has 1 rings (SSSR count). The Hall–Kier alpha value is 0.910. The smallest absolute Gasteiger partial charge is 0.0130 e. The number of benzene rings is 1. The predicted octanol–water partition coefficient (Wildman–Crippen LogP) is 5.66. The lowest BCUT2D eigenvalue weighted by Gasteiger charge is -2.32. The molecule has 1 aromatic carbocycles. The number of halogens is 3. The molecule has 0 amide bonds. The zero-order valence-corrected chi connectivity index (χ0v) is 15.7. The molecule has 0 saturated carbocycles.